The van der Waals surface area contributed by atoms with Crippen LogP contribution in [-0.4, -0.2) is 37.1 Å². The highest BCUT2D eigenvalue weighted by molar-refractivity contribution is 6.29. The standard InChI is InChI=1S/C19H19ClFN3.C4H4O4/c1-12(2)18(16-10-22-11-24-16)19(13-3-5-15(21)6-4-13)14-7-8-23-17(20)9-14;5-3(6)1-2-4(7)8/h3-12,18-19H,1-2H3,(H,22,24);1-2H,(H,5,6)(H,7,8)/b;2-1+. The van der Waals surface area contributed by atoms with E-state index in [-0.39, 0.29) is 17.7 Å². The molecule has 0 amide bonds. The maximum absolute atomic E-state index is 13.4. The van der Waals surface area contributed by atoms with Crippen molar-refractivity contribution in [3.8, 4) is 0 Å². The summed E-state index contributed by atoms with van der Waals surface area (Å²) in [6, 6.07) is 10.5. The molecule has 0 saturated heterocycles. The van der Waals surface area contributed by atoms with Crippen molar-refractivity contribution >= 4 is 23.5 Å². The van der Waals surface area contributed by atoms with Crippen molar-refractivity contribution in [2.75, 3.05) is 0 Å². The summed E-state index contributed by atoms with van der Waals surface area (Å²) in [7, 11) is 0. The molecule has 0 aliphatic rings. The van der Waals surface area contributed by atoms with Gasteiger partial charge in [0.25, 0.3) is 0 Å². The maximum Gasteiger partial charge on any atom is 0.328 e. The molecule has 168 valence electrons. The van der Waals surface area contributed by atoms with Crippen LogP contribution in [0.2, 0.25) is 5.15 Å². The molecule has 32 heavy (non-hydrogen) atoms. The van der Waals surface area contributed by atoms with E-state index in [4.69, 9.17) is 21.8 Å². The molecule has 2 atom stereocenters. The summed E-state index contributed by atoms with van der Waals surface area (Å²) < 4.78 is 13.4. The number of hydrogen-bond acceptors (Lipinski definition) is 4. The van der Waals surface area contributed by atoms with Crippen molar-refractivity contribution in [3.05, 3.63) is 95.1 Å². The van der Waals surface area contributed by atoms with Crippen molar-refractivity contribution in [1.29, 1.82) is 0 Å². The van der Waals surface area contributed by atoms with Gasteiger partial charge in [0.15, 0.2) is 0 Å². The van der Waals surface area contributed by atoms with Crippen LogP contribution in [0.15, 0.2) is 67.3 Å². The van der Waals surface area contributed by atoms with E-state index in [1.54, 1.807) is 12.5 Å². The van der Waals surface area contributed by atoms with Crippen LogP contribution in [0.1, 0.15) is 42.5 Å². The summed E-state index contributed by atoms with van der Waals surface area (Å²) in [5.41, 5.74) is 3.13. The Morgan fingerprint density at radius 3 is 2.16 bits per heavy atom. The molecule has 1 aromatic carbocycles. The summed E-state index contributed by atoms with van der Waals surface area (Å²) in [6.45, 7) is 4.34. The number of aliphatic carboxylic acids is 2. The monoisotopic (exact) mass is 459 g/mol. The fraction of sp³-hybridized carbons (Fsp3) is 0.217. The fourth-order valence-corrected chi connectivity index (χ4v) is 3.59. The van der Waals surface area contributed by atoms with Crippen LogP contribution < -0.4 is 0 Å². The SMILES string of the molecule is CC(C)C(c1cnc[nH]1)C(c1ccc(F)cc1)c1ccnc(Cl)c1.O=C(O)/C=C/C(=O)O. The average Bonchev–Trinajstić information content (AvgIpc) is 3.25. The molecule has 3 aromatic rings. The van der Waals surface area contributed by atoms with Gasteiger partial charge in [0.05, 0.1) is 6.33 Å². The Bertz CT molecular complexity index is 1040. The minimum absolute atomic E-state index is 0.0200. The van der Waals surface area contributed by atoms with Gasteiger partial charge in [-0.3, -0.25) is 0 Å². The summed E-state index contributed by atoms with van der Waals surface area (Å²) >= 11 is 6.12. The molecular formula is C23H23ClFN3O4. The Morgan fingerprint density at radius 1 is 1.06 bits per heavy atom. The number of aromatic amines is 1. The van der Waals surface area contributed by atoms with Gasteiger partial charge in [0.2, 0.25) is 0 Å². The predicted molar refractivity (Wildman–Crippen MR) is 118 cm³/mol. The zero-order chi connectivity index (χ0) is 23.7. The Balaban J connectivity index is 0.000000390. The van der Waals surface area contributed by atoms with Gasteiger partial charge < -0.3 is 15.2 Å². The van der Waals surface area contributed by atoms with Crippen LogP contribution >= 0.6 is 11.6 Å². The number of rotatable bonds is 7. The van der Waals surface area contributed by atoms with Gasteiger partial charge in [-0.1, -0.05) is 37.6 Å². The number of carboxylic acid groups (broad SMARTS) is 2. The quantitative estimate of drug-likeness (QED) is 0.342. The number of hydrogen-bond donors (Lipinski definition) is 3. The molecule has 0 aliphatic carbocycles. The van der Waals surface area contributed by atoms with E-state index in [0.717, 1.165) is 16.8 Å². The van der Waals surface area contributed by atoms with Crippen LogP contribution in [0.25, 0.3) is 0 Å². The van der Waals surface area contributed by atoms with Gasteiger partial charge in [-0.25, -0.2) is 23.9 Å². The van der Waals surface area contributed by atoms with Gasteiger partial charge in [-0.2, -0.15) is 0 Å². The third-order valence-corrected chi connectivity index (χ3v) is 4.87. The predicted octanol–water partition coefficient (Wildman–Crippen LogP) is 4.88. The molecule has 2 unspecified atom stereocenters. The number of pyridine rings is 1. The summed E-state index contributed by atoms with van der Waals surface area (Å²) in [5.74, 6) is -2.25. The van der Waals surface area contributed by atoms with E-state index < -0.39 is 11.9 Å². The van der Waals surface area contributed by atoms with Crippen molar-refractivity contribution < 1.29 is 24.2 Å². The Morgan fingerprint density at radius 2 is 1.69 bits per heavy atom. The third kappa shape index (κ3) is 7.31. The number of benzene rings is 1. The molecule has 0 bridgehead atoms. The molecule has 9 heteroatoms. The van der Waals surface area contributed by atoms with Crippen LogP contribution in [0.4, 0.5) is 4.39 Å². The second-order valence-corrected chi connectivity index (χ2v) is 7.61. The smallest absolute Gasteiger partial charge is 0.328 e. The van der Waals surface area contributed by atoms with Crippen molar-refractivity contribution in [2.24, 2.45) is 5.92 Å². The second kappa shape index (κ2) is 11.8. The van der Waals surface area contributed by atoms with Gasteiger partial charge in [-0.15, -0.1) is 0 Å². The lowest BCUT2D eigenvalue weighted by Crippen LogP contribution is -2.19. The van der Waals surface area contributed by atoms with E-state index >= 15 is 0 Å². The zero-order valence-electron chi connectivity index (χ0n) is 17.4. The lowest BCUT2D eigenvalue weighted by molar-refractivity contribution is -0.134. The normalized spacial score (nSPS) is 12.8. The summed E-state index contributed by atoms with van der Waals surface area (Å²) in [4.78, 5) is 30.6. The first-order chi connectivity index (χ1) is 15.2. The molecule has 0 saturated carbocycles. The number of carboxylic acids is 2. The number of imidazole rings is 1. The Labute approximate surface area is 189 Å². The maximum atomic E-state index is 13.4. The second-order valence-electron chi connectivity index (χ2n) is 7.23. The van der Waals surface area contributed by atoms with Crippen molar-refractivity contribution in [3.63, 3.8) is 0 Å². The summed E-state index contributed by atoms with van der Waals surface area (Å²) in [6.07, 6.45) is 6.36. The first-order valence-electron chi connectivity index (χ1n) is 9.68. The molecule has 7 nitrogen and oxygen atoms in total. The molecular weight excluding hydrogens is 437 g/mol. The van der Waals surface area contributed by atoms with Crippen LogP contribution in [0.3, 0.4) is 0 Å². The highest BCUT2D eigenvalue weighted by Crippen LogP contribution is 2.42. The van der Waals surface area contributed by atoms with Gasteiger partial charge in [-0.05, 0) is 41.3 Å². The van der Waals surface area contributed by atoms with E-state index in [1.165, 1.54) is 12.1 Å². The number of halogens is 2. The lowest BCUT2D eigenvalue weighted by Gasteiger charge is -2.30. The highest BCUT2D eigenvalue weighted by Gasteiger charge is 2.30. The molecule has 2 heterocycles. The number of carbonyl (C=O) groups is 2. The molecule has 2 aromatic heterocycles. The first kappa shape index (κ1) is 24.7. The third-order valence-electron chi connectivity index (χ3n) is 4.66. The van der Waals surface area contributed by atoms with E-state index in [2.05, 4.69) is 28.8 Å². The number of nitrogens with zero attached hydrogens (tertiary/aromatic N) is 2. The molecule has 0 spiro atoms. The van der Waals surface area contributed by atoms with Gasteiger partial charge in [0.1, 0.15) is 11.0 Å². The fourth-order valence-electron chi connectivity index (χ4n) is 3.40. The first-order valence-corrected chi connectivity index (χ1v) is 10.1. The largest absolute Gasteiger partial charge is 0.478 e. The highest BCUT2D eigenvalue weighted by atomic mass is 35.5. The van der Waals surface area contributed by atoms with Crippen LogP contribution in [0, 0.1) is 11.7 Å². The van der Waals surface area contributed by atoms with Gasteiger partial charge in [0, 0.05) is 42.1 Å². The summed E-state index contributed by atoms with van der Waals surface area (Å²) in [5, 5.41) is 16.1. The van der Waals surface area contributed by atoms with E-state index in [9.17, 15) is 14.0 Å². The molecule has 0 fully saturated rings. The van der Waals surface area contributed by atoms with Crippen molar-refractivity contribution in [1.82, 2.24) is 15.0 Å². The van der Waals surface area contributed by atoms with Crippen LogP contribution in [0.5, 0.6) is 0 Å². The van der Waals surface area contributed by atoms with Crippen molar-refractivity contribution in [2.45, 2.75) is 25.7 Å². The minimum atomic E-state index is -1.26. The molecule has 0 aliphatic heterocycles. The zero-order valence-corrected chi connectivity index (χ0v) is 18.2. The Kier molecular flexibility index (Phi) is 9.09. The Hall–Kier alpha value is -3.52. The minimum Gasteiger partial charge on any atom is -0.478 e. The number of H-pyrrole nitrogens is 1. The number of aromatic nitrogens is 3. The van der Waals surface area contributed by atoms with Gasteiger partial charge >= 0.3 is 11.9 Å². The average molecular weight is 460 g/mol. The molecule has 0 radical (unpaired) electrons. The van der Waals surface area contributed by atoms with E-state index in [0.29, 0.717) is 23.2 Å². The van der Waals surface area contributed by atoms with E-state index in [1.807, 2.05) is 30.5 Å². The topological polar surface area (TPSA) is 116 Å². The molecule has 3 N–H and O–H groups in total. The molecule has 3 rings (SSSR count). The number of nitrogens with one attached hydrogen (secondary N) is 1. The van der Waals surface area contributed by atoms with Crippen LogP contribution in [-0.2, 0) is 9.59 Å². The lowest BCUT2D eigenvalue weighted by atomic mass is 9.74.